The first kappa shape index (κ1) is 16.7. The van der Waals surface area contributed by atoms with E-state index in [9.17, 15) is 4.79 Å². The largest absolute Gasteiger partial charge is 0.379 e. The van der Waals surface area contributed by atoms with E-state index in [-0.39, 0.29) is 24.2 Å². The molecule has 0 aliphatic heterocycles. The number of nitrogens with zero attached hydrogens (tertiary/aromatic N) is 1. The van der Waals surface area contributed by atoms with Crippen LogP contribution >= 0.6 is 12.4 Å². The van der Waals surface area contributed by atoms with E-state index in [0.29, 0.717) is 13.2 Å². The second-order valence-corrected chi connectivity index (χ2v) is 5.05. The van der Waals surface area contributed by atoms with Gasteiger partial charge in [0.05, 0.1) is 12.6 Å². The Labute approximate surface area is 110 Å². The van der Waals surface area contributed by atoms with Crippen LogP contribution in [0.15, 0.2) is 0 Å². The summed E-state index contributed by atoms with van der Waals surface area (Å²) in [5.41, 5.74) is 5.79. The van der Waals surface area contributed by atoms with Crippen molar-refractivity contribution in [1.82, 2.24) is 4.90 Å². The summed E-state index contributed by atoms with van der Waals surface area (Å²) < 4.78 is 5.48. The molecule has 17 heavy (non-hydrogen) atoms. The Morgan fingerprint density at radius 2 is 2.06 bits per heavy atom. The van der Waals surface area contributed by atoms with E-state index in [1.807, 2.05) is 13.8 Å². The van der Waals surface area contributed by atoms with E-state index in [2.05, 4.69) is 0 Å². The van der Waals surface area contributed by atoms with Gasteiger partial charge < -0.3 is 15.4 Å². The first-order chi connectivity index (χ1) is 7.52. The molecule has 4 nitrogen and oxygen atoms in total. The maximum absolute atomic E-state index is 11.8. The molecule has 1 amide bonds. The van der Waals surface area contributed by atoms with E-state index >= 15 is 0 Å². The molecule has 1 aliphatic rings. The summed E-state index contributed by atoms with van der Waals surface area (Å²) in [5, 5.41) is 0. The minimum Gasteiger partial charge on any atom is -0.379 e. The predicted molar refractivity (Wildman–Crippen MR) is 71.2 cm³/mol. The summed E-state index contributed by atoms with van der Waals surface area (Å²) in [6, 6.07) is -0.395. The summed E-state index contributed by atoms with van der Waals surface area (Å²) in [4.78, 5) is 13.4. The Bertz CT molecular complexity index is 233. The van der Waals surface area contributed by atoms with Gasteiger partial charge in [0, 0.05) is 20.2 Å². The van der Waals surface area contributed by atoms with Gasteiger partial charge in [-0.05, 0) is 24.7 Å². The molecule has 0 aromatic carbocycles. The first-order valence-corrected chi connectivity index (χ1v) is 6.10. The Hall–Kier alpha value is -0.320. The predicted octanol–water partition coefficient (Wildman–Crippen LogP) is 1.28. The van der Waals surface area contributed by atoms with Crippen molar-refractivity contribution < 1.29 is 9.53 Å². The highest BCUT2D eigenvalue weighted by molar-refractivity contribution is 5.85. The van der Waals surface area contributed by atoms with Crippen LogP contribution < -0.4 is 5.73 Å². The second kappa shape index (κ2) is 7.90. The van der Waals surface area contributed by atoms with Gasteiger partial charge in [0.25, 0.3) is 0 Å². The fourth-order valence-corrected chi connectivity index (χ4v) is 1.39. The lowest BCUT2D eigenvalue weighted by molar-refractivity contribution is -0.132. The van der Waals surface area contributed by atoms with Crippen LogP contribution in [0, 0.1) is 11.8 Å². The Morgan fingerprint density at radius 1 is 1.47 bits per heavy atom. The zero-order chi connectivity index (χ0) is 12.1. The number of halogens is 1. The highest BCUT2D eigenvalue weighted by atomic mass is 35.5. The minimum atomic E-state index is -0.395. The third kappa shape index (κ3) is 6.24. The molecule has 1 fully saturated rings. The van der Waals surface area contributed by atoms with Crippen molar-refractivity contribution in [3.63, 3.8) is 0 Å². The van der Waals surface area contributed by atoms with Crippen molar-refractivity contribution in [3.8, 4) is 0 Å². The van der Waals surface area contributed by atoms with Gasteiger partial charge in [0.1, 0.15) is 0 Å². The molecule has 102 valence electrons. The van der Waals surface area contributed by atoms with E-state index in [0.717, 1.165) is 12.5 Å². The fraction of sp³-hybridized carbons (Fsp3) is 0.917. The Kier molecular flexibility index (Phi) is 7.75. The van der Waals surface area contributed by atoms with Gasteiger partial charge in [0.2, 0.25) is 5.91 Å². The van der Waals surface area contributed by atoms with Gasteiger partial charge >= 0.3 is 0 Å². The summed E-state index contributed by atoms with van der Waals surface area (Å²) in [6.45, 7) is 6.01. The molecule has 0 unspecified atom stereocenters. The zero-order valence-corrected chi connectivity index (χ0v) is 11.8. The number of nitrogens with two attached hydrogens (primary N) is 1. The third-order valence-electron chi connectivity index (χ3n) is 3.00. The maximum Gasteiger partial charge on any atom is 0.239 e. The topological polar surface area (TPSA) is 55.6 Å². The molecule has 0 aromatic rings. The molecule has 0 heterocycles. The van der Waals surface area contributed by atoms with Gasteiger partial charge in [-0.2, -0.15) is 0 Å². The first-order valence-electron chi connectivity index (χ1n) is 6.10. The van der Waals surface area contributed by atoms with Crippen molar-refractivity contribution in [2.75, 3.05) is 26.8 Å². The molecule has 0 aromatic heterocycles. The number of hydrogen-bond acceptors (Lipinski definition) is 3. The molecule has 1 saturated carbocycles. The smallest absolute Gasteiger partial charge is 0.239 e. The number of amides is 1. The summed E-state index contributed by atoms with van der Waals surface area (Å²) in [6.07, 6.45) is 2.60. The van der Waals surface area contributed by atoms with E-state index in [4.69, 9.17) is 10.5 Å². The van der Waals surface area contributed by atoms with Crippen LogP contribution in [-0.2, 0) is 9.53 Å². The van der Waals surface area contributed by atoms with Crippen molar-refractivity contribution in [3.05, 3.63) is 0 Å². The number of carbonyl (C=O) groups excluding carboxylic acids is 1. The number of ether oxygens (including phenoxy) is 1. The monoisotopic (exact) mass is 264 g/mol. The summed E-state index contributed by atoms with van der Waals surface area (Å²) >= 11 is 0. The van der Waals surface area contributed by atoms with Crippen LogP contribution in [0.25, 0.3) is 0 Å². The Balaban J connectivity index is 0.00000256. The van der Waals surface area contributed by atoms with Crippen LogP contribution in [-0.4, -0.2) is 43.7 Å². The number of likely N-dealkylation sites (N-methyl/N-ethyl adjacent to an activating group) is 1. The highest BCUT2D eigenvalue weighted by Crippen LogP contribution is 2.28. The highest BCUT2D eigenvalue weighted by Gasteiger charge is 2.22. The quantitative estimate of drug-likeness (QED) is 0.705. The standard InChI is InChI=1S/C12H24N2O2.ClH/c1-9(2)11(13)12(15)14(3)6-7-16-8-10-4-5-10;/h9-11H,4-8,13H2,1-3H3;1H/t11-;/m1./s1. The number of rotatable bonds is 7. The molecular formula is C12H25ClN2O2. The summed E-state index contributed by atoms with van der Waals surface area (Å²) in [7, 11) is 1.78. The molecule has 0 radical (unpaired) electrons. The summed E-state index contributed by atoms with van der Waals surface area (Å²) in [5.74, 6) is 0.964. The van der Waals surface area contributed by atoms with Crippen molar-refractivity contribution >= 4 is 18.3 Å². The average molecular weight is 265 g/mol. The molecule has 1 aliphatic carbocycles. The van der Waals surface area contributed by atoms with Gasteiger partial charge in [0.15, 0.2) is 0 Å². The van der Waals surface area contributed by atoms with Crippen LogP contribution in [0.1, 0.15) is 26.7 Å². The molecule has 2 N–H and O–H groups in total. The van der Waals surface area contributed by atoms with Crippen LogP contribution in [0.4, 0.5) is 0 Å². The number of hydrogen-bond donors (Lipinski definition) is 1. The van der Waals surface area contributed by atoms with Crippen molar-refractivity contribution in [1.29, 1.82) is 0 Å². The van der Waals surface area contributed by atoms with E-state index in [1.165, 1.54) is 12.8 Å². The van der Waals surface area contributed by atoms with E-state index in [1.54, 1.807) is 11.9 Å². The van der Waals surface area contributed by atoms with Crippen LogP contribution in [0.5, 0.6) is 0 Å². The lowest BCUT2D eigenvalue weighted by Crippen LogP contribution is -2.45. The molecular weight excluding hydrogens is 240 g/mol. The van der Waals surface area contributed by atoms with Crippen molar-refractivity contribution in [2.24, 2.45) is 17.6 Å². The minimum absolute atomic E-state index is 0. The third-order valence-corrected chi connectivity index (χ3v) is 3.00. The number of carbonyl (C=O) groups is 1. The molecule has 0 spiro atoms. The normalized spacial score (nSPS) is 16.5. The average Bonchev–Trinajstić information content (AvgIpc) is 3.05. The molecule has 0 bridgehead atoms. The van der Waals surface area contributed by atoms with Crippen LogP contribution in [0.3, 0.4) is 0 Å². The molecule has 1 atom stereocenters. The maximum atomic E-state index is 11.8. The van der Waals surface area contributed by atoms with Gasteiger partial charge in [-0.1, -0.05) is 13.8 Å². The zero-order valence-electron chi connectivity index (χ0n) is 11.0. The second-order valence-electron chi connectivity index (χ2n) is 5.05. The van der Waals surface area contributed by atoms with Crippen LogP contribution in [0.2, 0.25) is 0 Å². The van der Waals surface area contributed by atoms with Gasteiger partial charge in [-0.15, -0.1) is 12.4 Å². The molecule has 1 rings (SSSR count). The molecule has 5 heteroatoms. The van der Waals surface area contributed by atoms with Gasteiger partial charge in [-0.3, -0.25) is 4.79 Å². The lowest BCUT2D eigenvalue weighted by atomic mass is 10.0. The lowest BCUT2D eigenvalue weighted by Gasteiger charge is -2.23. The van der Waals surface area contributed by atoms with Gasteiger partial charge in [-0.25, -0.2) is 0 Å². The fourth-order valence-electron chi connectivity index (χ4n) is 1.39. The van der Waals surface area contributed by atoms with Crippen molar-refractivity contribution in [2.45, 2.75) is 32.7 Å². The van der Waals surface area contributed by atoms with E-state index < -0.39 is 6.04 Å². The molecule has 0 saturated heterocycles. The Morgan fingerprint density at radius 3 is 2.53 bits per heavy atom. The SMILES string of the molecule is CC(C)[C@@H](N)C(=O)N(C)CCOCC1CC1.Cl.